The Kier molecular flexibility index (Phi) is 7.50. The molecule has 1 aromatic heterocycles. The Labute approximate surface area is 199 Å². The second-order valence-electron chi connectivity index (χ2n) is 8.98. The van der Waals surface area contributed by atoms with Gasteiger partial charge in [0.05, 0.1) is 18.2 Å². The monoisotopic (exact) mass is 464 g/mol. The molecule has 1 amide bonds. The predicted molar refractivity (Wildman–Crippen MR) is 130 cm³/mol. The van der Waals surface area contributed by atoms with E-state index >= 15 is 0 Å². The number of likely N-dealkylation sites (tertiary alicyclic amines) is 1. The van der Waals surface area contributed by atoms with Gasteiger partial charge in [0.2, 0.25) is 5.89 Å². The van der Waals surface area contributed by atoms with E-state index in [1.54, 1.807) is 4.90 Å². The number of fused-ring (bicyclic) bond motifs is 1. The molecule has 4 rings (SSSR count). The van der Waals surface area contributed by atoms with E-state index in [4.69, 9.17) is 9.15 Å². The van der Waals surface area contributed by atoms with Gasteiger partial charge in [-0.2, -0.15) is 0 Å². The van der Waals surface area contributed by atoms with Crippen LogP contribution in [0.15, 0.2) is 46.9 Å². The number of ether oxygens (including phenoxy) is 1. The minimum absolute atomic E-state index is 0.124. The average molecular weight is 465 g/mol. The number of oxazole rings is 1. The molecule has 3 aromatic rings. The summed E-state index contributed by atoms with van der Waals surface area (Å²) in [6.07, 6.45) is 3.02. The molecule has 1 N–H and O–H groups in total. The Morgan fingerprint density at radius 3 is 2.62 bits per heavy atom. The number of benzene rings is 2. The fourth-order valence-corrected chi connectivity index (χ4v) is 4.79. The number of carbonyl (C=O) groups is 2. The molecule has 0 bridgehead atoms. The van der Waals surface area contributed by atoms with Gasteiger partial charge in [-0.1, -0.05) is 37.3 Å². The van der Waals surface area contributed by atoms with Gasteiger partial charge in [0.1, 0.15) is 5.76 Å². The minimum atomic E-state index is -0.740. The number of piperidine rings is 1. The first-order valence-corrected chi connectivity index (χ1v) is 12.1. The molecular weight excluding hydrogens is 432 g/mol. The number of aliphatic carboxylic acids is 1. The van der Waals surface area contributed by atoms with Crippen molar-refractivity contribution in [3.63, 3.8) is 0 Å². The Morgan fingerprint density at radius 2 is 1.91 bits per heavy atom. The van der Waals surface area contributed by atoms with Crippen LogP contribution in [-0.2, 0) is 16.0 Å². The van der Waals surface area contributed by atoms with Gasteiger partial charge in [-0.05, 0) is 67.9 Å². The molecule has 1 saturated heterocycles. The molecule has 180 valence electrons. The molecule has 1 aliphatic rings. The number of aromatic nitrogens is 1. The summed E-state index contributed by atoms with van der Waals surface area (Å²) in [5.74, 6) is 0.433. The number of carbonyl (C=O) groups excluding carboxylic acids is 1. The van der Waals surface area contributed by atoms with Gasteiger partial charge in [0.25, 0.3) is 0 Å². The zero-order valence-corrected chi connectivity index (χ0v) is 19.8. The van der Waals surface area contributed by atoms with E-state index in [2.05, 4.69) is 29.2 Å². The second kappa shape index (κ2) is 10.7. The molecular formula is C27H32N2O5. The maximum atomic E-state index is 12.4. The summed E-state index contributed by atoms with van der Waals surface area (Å²) in [5, 5.41) is 11.7. The van der Waals surface area contributed by atoms with Gasteiger partial charge in [0.15, 0.2) is 0 Å². The molecule has 2 heterocycles. The van der Waals surface area contributed by atoms with Crippen LogP contribution in [0.4, 0.5) is 4.79 Å². The number of rotatable bonds is 8. The second-order valence-corrected chi connectivity index (χ2v) is 8.98. The van der Waals surface area contributed by atoms with Gasteiger partial charge in [0, 0.05) is 18.7 Å². The van der Waals surface area contributed by atoms with Crippen molar-refractivity contribution in [3.05, 3.63) is 53.9 Å². The standard InChI is InChI=1S/C27H32N2O5/c1-3-23(26(30)31)20-12-14-29(15-13-20)27(32)33-16-6-9-24-18(2)34-25(28-24)22-11-10-19-7-4-5-8-21(19)17-22/h4-5,7-8,10-11,17,20,23H,3,6,9,12-16H2,1-2H3,(H,30,31)/t23-/m0/s1. The lowest BCUT2D eigenvalue weighted by molar-refractivity contribution is -0.144. The average Bonchev–Trinajstić information content (AvgIpc) is 3.22. The predicted octanol–water partition coefficient (Wildman–Crippen LogP) is 5.70. The minimum Gasteiger partial charge on any atom is -0.481 e. The van der Waals surface area contributed by atoms with Gasteiger partial charge in [-0.15, -0.1) is 0 Å². The normalized spacial score (nSPS) is 15.4. The van der Waals surface area contributed by atoms with Crippen LogP contribution in [0.2, 0.25) is 0 Å². The van der Waals surface area contributed by atoms with Crippen molar-refractivity contribution in [2.45, 2.75) is 46.0 Å². The van der Waals surface area contributed by atoms with Gasteiger partial charge < -0.3 is 19.2 Å². The summed E-state index contributed by atoms with van der Waals surface area (Å²) < 4.78 is 11.4. The Hall–Kier alpha value is -3.35. The number of aryl methyl sites for hydroxylation is 2. The molecule has 7 heteroatoms. The lowest BCUT2D eigenvalue weighted by Crippen LogP contribution is -2.41. The SMILES string of the molecule is CC[C@H](C(=O)O)C1CCN(C(=O)OCCCc2nc(-c3ccc4ccccc4c3)oc2C)CC1. The van der Waals surface area contributed by atoms with Crippen molar-refractivity contribution in [1.29, 1.82) is 0 Å². The van der Waals surface area contributed by atoms with Crippen LogP contribution in [-0.4, -0.2) is 46.7 Å². The van der Waals surface area contributed by atoms with E-state index in [1.165, 1.54) is 5.39 Å². The molecule has 0 radical (unpaired) electrons. The Bertz CT molecular complexity index is 1150. The van der Waals surface area contributed by atoms with E-state index in [1.807, 2.05) is 32.0 Å². The van der Waals surface area contributed by atoms with Crippen LogP contribution in [0.25, 0.3) is 22.2 Å². The lowest BCUT2D eigenvalue weighted by Gasteiger charge is -2.33. The zero-order valence-electron chi connectivity index (χ0n) is 19.8. The van der Waals surface area contributed by atoms with Crippen LogP contribution < -0.4 is 0 Å². The first kappa shape index (κ1) is 23.8. The smallest absolute Gasteiger partial charge is 0.409 e. The third-order valence-corrected chi connectivity index (χ3v) is 6.80. The van der Waals surface area contributed by atoms with Gasteiger partial charge >= 0.3 is 12.1 Å². The van der Waals surface area contributed by atoms with E-state index in [0.717, 1.165) is 22.4 Å². The van der Waals surface area contributed by atoms with Crippen LogP contribution >= 0.6 is 0 Å². The third kappa shape index (κ3) is 5.41. The highest BCUT2D eigenvalue weighted by molar-refractivity contribution is 5.86. The fraction of sp³-hybridized carbons (Fsp3) is 0.444. The molecule has 0 spiro atoms. The summed E-state index contributed by atoms with van der Waals surface area (Å²) in [4.78, 5) is 30.1. The highest BCUT2D eigenvalue weighted by Crippen LogP contribution is 2.28. The van der Waals surface area contributed by atoms with Crippen molar-refractivity contribution >= 4 is 22.8 Å². The summed E-state index contributed by atoms with van der Waals surface area (Å²) in [6, 6.07) is 14.3. The zero-order chi connectivity index (χ0) is 24.1. The maximum Gasteiger partial charge on any atom is 0.409 e. The largest absolute Gasteiger partial charge is 0.481 e. The Morgan fingerprint density at radius 1 is 1.18 bits per heavy atom. The van der Waals surface area contributed by atoms with Gasteiger partial charge in [-0.3, -0.25) is 4.79 Å². The number of amides is 1. The van der Waals surface area contributed by atoms with Crippen molar-refractivity contribution < 1.29 is 23.8 Å². The molecule has 0 saturated carbocycles. The van der Waals surface area contributed by atoms with Crippen molar-refractivity contribution in [2.75, 3.05) is 19.7 Å². The van der Waals surface area contributed by atoms with Crippen LogP contribution in [0.3, 0.4) is 0 Å². The van der Waals surface area contributed by atoms with Crippen molar-refractivity contribution in [2.24, 2.45) is 11.8 Å². The van der Waals surface area contributed by atoms with E-state index in [0.29, 0.717) is 57.7 Å². The molecule has 0 aliphatic carbocycles. The number of carboxylic acid groups (broad SMARTS) is 1. The van der Waals surface area contributed by atoms with Crippen molar-refractivity contribution in [1.82, 2.24) is 9.88 Å². The maximum absolute atomic E-state index is 12.4. The molecule has 1 aliphatic heterocycles. The van der Waals surface area contributed by atoms with Crippen LogP contribution in [0.5, 0.6) is 0 Å². The molecule has 0 unspecified atom stereocenters. The number of hydrogen-bond acceptors (Lipinski definition) is 5. The third-order valence-electron chi connectivity index (χ3n) is 6.80. The summed E-state index contributed by atoms with van der Waals surface area (Å²) >= 11 is 0. The lowest BCUT2D eigenvalue weighted by atomic mass is 9.83. The fourth-order valence-electron chi connectivity index (χ4n) is 4.79. The van der Waals surface area contributed by atoms with Gasteiger partial charge in [-0.25, -0.2) is 9.78 Å². The highest BCUT2D eigenvalue weighted by Gasteiger charge is 2.31. The molecule has 1 fully saturated rings. The van der Waals surface area contributed by atoms with Crippen molar-refractivity contribution in [3.8, 4) is 11.5 Å². The Balaban J connectivity index is 1.25. The van der Waals surface area contributed by atoms with E-state index < -0.39 is 5.97 Å². The molecule has 34 heavy (non-hydrogen) atoms. The topological polar surface area (TPSA) is 92.9 Å². The van der Waals surface area contributed by atoms with E-state index in [9.17, 15) is 14.7 Å². The molecule has 2 aromatic carbocycles. The summed E-state index contributed by atoms with van der Waals surface area (Å²) in [7, 11) is 0. The van der Waals surface area contributed by atoms with E-state index in [-0.39, 0.29) is 17.9 Å². The van der Waals surface area contributed by atoms with Crippen LogP contribution in [0, 0.1) is 18.8 Å². The van der Waals surface area contributed by atoms with Crippen LogP contribution in [0.1, 0.15) is 44.1 Å². The number of hydrogen-bond donors (Lipinski definition) is 1. The summed E-state index contributed by atoms with van der Waals surface area (Å²) in [5.41, 5.74) is 1.82. The number of nitrogens with zero attached hydrogens (tertiary/aromatic N) is 2. The first-order chi connectivity index (χ1) is 16.5. The molecule has 1 atom stereocenters. The summed E-state index contributed by atoms with van der Waals surface area (Å²) in [6.45, 7) is 5.21. The number of carboxylic acids is 1. The quantitative estimate of drug-likeness (QED) is 0.430. The highest BCUT2D eigenvalue weighted by atomic mass is 16.6. The molecule has 7 nitrogen and oxygen atoms in total. The first-order valence-electron chi connectivity index (χ1n) is 12.1.